The molecule has 2 atom stereocenters. The number of benzene rings is 1. The molecule has 1 aromatic carbocycles. The minimum Gasteiger partial charge on any atom is -0.493 e. The normalized spacial score (nSPS) is 21.0. The summed E-state index contributed by atoms with van der Waals surface area (Å²) in [5.41, 5.74) is 2.20. The number of anilines is 1. The lowest BCUT2D eigenvalue weighted by atomic mass is 10.1. The van der Waals surface area contributed by atoms with Gasteiger partial charge < -0.3 is 19.7 Å². The predicted octanol–water partition coefficient (Wildman–Crippen LogP) is 3.63. The van der Waals surface area contributed by atoms with Gasteiger partial charge in [-0.2, -0.15) is 5.10 Å². The highest BCUT2D eigenvalue weighted by Gasteiger charge is 2.36. The summed E-state index contributed by atoms with van der Waals surface area (Å²) < 4.78 is 55.1. The van der Waals surface area contributed by atoms with Gasteiger partial charge in [-0.3, -0.25) is 0 Å². The molecule has 4 heterocycles. The van der Waals surface area contributed by atoms with Crippen LogP contribution >= 0.6 is 0 Å². The van der Waals surface area contributed by atoms with Gasteiger partial charge in [0, 0.05) is 30.3 Å². The Balaban J connectivity index is 1.69. The highest BCUT2D eigenvalue weighted by atomic mass is 19.3. The van der Waals surface area contributed by atoms with Gasteiger partial charge in [0.1, 0.15) is 24.2 Å². The SMILES string of the molecule is C=C1N[C@H](C)CCOc2ccc(F)cc2CN2c3nc4c1cnn4cc3OC[C@H]2C(F)F. The van der Waals surface area contributed by atoms with Crippen molar-refractivity contribution in [2.24, 2.45) is 0 Å². The van der Waals surface area contributed by atoms with Gasteiger partial charge >= 0.3 is 0 Å². The second-order valence-corrected chi connectivity index (χ2v) is 8.01. The molecule has 2 aliphatic rings. The van der Waals surface area contributed by atoms with Crippen LogP contribution in [0.1, 0.15) is 24.5 Å². The molecule has 32 heavy (non-hydrogen) atoms. The fourth-order valence-electron chi connectivity index (χ4n) is 4.02. The molecule has 168 valence electrons. The molecule has 0 spiro atoms. The monoisotopic (exact) mass is 445 g/mol. The predicted molar refractivity (Wildman–Crippen MR) is 113 cm³/mol. The van der Waals surface area contributed by atoms with Crippen molar-refractivity contribution in [3.8, 4) is 11.5 Å². The summed E-state index contributed by atoms with van der Waals surface area (Å²) in [7, 11) is 0. The number of hydrogen-bond acceptors (Lipinski definition) is 6. The molecule has 1 N–H and O–H groups in total. The minimum absolute atomic E-state index is 0.0140. The van der Waals surface area contributed by atoms with Crippen LogP contribution in [0.5, 0.6) is 11.5 Å². The van der Waals surface area contributed by atoms with Crippen LogP contribution in [-0.2, 0) is 6.54 Å². The average molecular weight is 445 g/mol. The number of aromatic nitrogens is 3. The quantitative estimate of drug-likeness (QED) is 0.617. The van der Waals surface area contributed by atoms with Crippen LogP contribution in [0.2, 0.25) is 0 Å². The Hall–Kier alpha value is -3.43. The first-order valence-electron chi connectivity index (χ1n) is 10.3. The van der Waals surface area contributed by atoms with E-state index in [0.29, 0.717) is 47.0 Å². The number of rotatable bonds is 1. The molecule has 0 saturated heterocycles. The molecule has 2 aliphatic heterocycles. The molecule has 0 radical (unpaired) electrons. The van der Waals surface area contributed by atoms with Crippen molar-refractivity contribution in [1.82, 2.24) is 19.9 Å². The lowest BCUT2D eigenvalue weighted by Crippen LogP contribution is -2.47. The van der Waals surface area contributed by atoms with Gasteiger partial charge in [0.05, 0.1) is 24.6 Å². The summed E-state index contributed by atoms with van der Waals surface area (Å²) in [6, 6.07) is 2.91. The highest BCUT2D eigenvalue weighted by molar-refractivity contribution is 5.75. The summed E-state index contributed by atoms with van der Waals surface area (Å²) in [6.07, 6.45) is 1.19. The largest absolute Gasteiger partial charge is 0.493 e. The number of ether oxygens (including phenoxy) is 2. The number of hydrogen-bond donors (Lipinski definition) is 1. The number of nitrogens with one attached hydrogen (secondary N) is 1. The second kappa shape index (κ2) is 7.92. The Labute approximate surface area is 182 Å². The smallest absolute Gasteiger partial charge is 0.261 e. The van der Waals surface area contributed by atoms with Crippen molar-refractivity contribution in [2.45, 2.75) is 38.4 Å². The maximum Gasteiger partial charge on any atom is 0.261 e. The molecule has 3 aromatic rings. The van der Waals surface area contributed by atoms with Gasteiger partial charge in [0.25, 0.3) is 6.43 Å². The molecule has 2 aromatic heterocycles. The van der Waals surface area contributed by atoms with Crippen molar-refractivity contribution in [2.75, 3.05) is 18.1 Å². The van der Waals surface area contributed by atoms with Gasteiger partial charge in [0.15, 0.2) is 17.2 Å². The number of alkyl halides is 2. The zero-order chi connectivity index (χ0) is 22.4. The average Bonchev–Trinajstić information content (AvgIpc) is 3.16. The van der Waals surface area contributed by atoms with Crippen LogP contribution in [0, 0.1) is 5.82 Å². The second-order valence-electron chi connectivity index (χ2n) is 8.01. The van der Waals surface area contributed by atoms with Crippen LogP contribution in [0.4, 0.5) is 19.0 Å². The van der Waals surface area contributed by atoms with Gasteiger partial charge in [-0.1, -0.05) is 6.58 Å². The fourth-order valence-corrected chi connectivity index (χ4v) is 4.02. The molecule has 0 saturated carbocycles. The Morgan fingerprint density at radius 3 is 2.91 bits per heavy atom. The van der Waals surface area contributed by atoms with Crippen molar-refractivity contribution >= 4 is 17.2 Å². The van der Waals surface area contributed by atoms with Crippen molar-refractivity contribution in [1.29, 1.82) is 0 Å². The Bertz CT molecular complexity index is 1180. The molecule has 7 nitrogen and oxygen atoms in total. The summed E-state index contributed by atoms with van der Waals surface area (Å²) in [5.74, 6) is 0.538. The standard InChI is InChI=1S/C22H22F3N5O2/c1-12-5-6-31-18-4-3-15(23)7-14(18)9-29-17(20(24)25)11-32-19-10-30-21(28-22(19)29)16(8-26-30)13(2)27-12/h3-4,7-8,10,12,17,20,27H,2,5-6,9,11H2,1H3/t12-,17+/m1/s1. The van der Waals surface area contributed by atoms with E-state index in [-0.39, 0.29) is 25.0 Å². The molecule has 10 heteroatoms. The van der Waals surface area contributed by atoms with Crippen molar-refractivity contribution in [3.05, 3.63) is 54.1 Å². The van der Waals surface area contributed by atoms with Crippen LogP contribution in [0.3, 0.4) is 0 Å². The summed E-state index contributed by atoms with van der Waals surface area (Å²) in [4.78, 5) is 6.09. The maximum atomic E-state index is 14.1. The van der Waals surface area contributed by atoms with Crippen LogP contribution in [0.25, 0.3) is 11.3 Å². The van der Waals surface area contributed by atoms with E-state index in [0.717, 1.165) is 0 Å². The van der Waals surface area contributed by atoms with Gasteiger partial charge in [0.2, 0.25) is 0 Å². The van der Waals surface area contributed by atoms with E-state index in [4.69, 9.17) is 9.47 Å². The summed E-state index contributed by atoms with van der Waals surface area (Å²) >= 11 is 0. The van der Waals surface area contributed by atoms with Crippen molar-refractivity contribution in [3.63, 3.8) is 0 Å². The fraction of sp³-hybridized carbons (Fsp3) is 0.364. The first-order valence-corrected chi connectivity index (χ1v) is 10.3. The zero-order valence-corrected chi connectivity index (χ0v) is 17.4. The topological polar surface area (TPSA) is 63.9 Å². The summed E-state index contributed by atoms with van der Waals surface area (Å²) in [6.45, 7) is 6.21. The van der Waals surface area contributed by atoms with Gasteiger partial charge in [-0.15, -0.1) is 0 Å². The van der Waals surface area contributed by atoms with E-state index >= 15 is 0 Å². The van der Waals surface area contributed by atoms with E-state index in [1.54, 1.807) is 12.4 Å². The van der Waals surface area contributed by atoms with Gasteiger partial charge in [-0.25, -0.2) is 22.7 Å². The maximum absolute atomic E-state index is 14.1. The van der Waals surface area contributed by atoms with E-state index in [1.807, 2.05) is 6.92 Å². The van der Waals surface area contributed by atoms with Crippen LogP contribution in [-0.4, -0.2) is 46.3 Å². The molecular weight excluding hydrogens is 423 g/mol. The van der Waals surface area contributed by atoms with Crippen LogP contribution < -0.4 is 19.7 Å². The highest BCUT2D eigenvalue weighted by Crippen LogP contribution is 2.37. The Kier molecular flexibility index (Phi) is 5.07. The van der Waals surface area contributed by atoms with Crippen molar-refractivity contribution < 1.29 is 22.6 Å². The molecule has 0 unspecified atom stereocenters. The van der Waals surface area contributed by atoms with E-state index in [9.17, 15) is 13.2 Å². The lowest BCUT2D eigenvalue weighted by molar-refractivity contribution is 0.0766. The number of fused-ring (bicyclic) bond motifs is 1. The lowest BCUT2D eigenvalue weighted by Gasteiger charge is -2.37. The zero-order valence-electron chi connectivity index (χ0n) is 17.4. The molecular formula is C22H22F3N5O2. The molecule has 2 bridgehead atoms. The van der Waals surface area contributed by atoms with E-state index in [1.165, 1.54) is 27.6 Å². The minimum atomic E-state index is -2.69. The Morgan fingerprint density at radius 1 is 1.25 bits per heavy atom. The summed E-state index contributed by atoms with van der Waals surface area (Å²) in [5, 5.41) is 7.63. The van der Waals surface area contributed by atoms with Gasteiger partial charge in [-0.05, 0) is 25.1 Å². The van der Waals surface area contributed by atoms with E-state index < -0.39 is 18.3 Å². The number of halogens is 3. The molecule has 5 rings (SSSR count). The van der Waals surface area contributed by atoms with Crippen LogP contribution in [0.15, 0.2) is 37.2 Å². The molecule has 0 fully saturated rings. The molecule has 0 aliphatic carbocycles. The third-order valence-corrected chi connectivity index (χ3v) is 5.73. The third kappa shape index (κ3) is 3.59. The van der Waals surface area contributed by atoms with E-state index in [2.05, 4.69) is 22.0 Å². The number of nitrogens with zero attached hydrogens (tertiary/aromatic N) is 4. The first kappa shape index (κ1) is 20.5. The molecule has 0 amide bonds. The Morgan fingerprint density at radius 2 is 2.09 bits per heavy atom. The first-order chi connectivity index (χ1) is 15.4. The third-order valence-electron chi connectivity index (χ3n) is 5.73.